The first-order valence-corrected chi connectivity index (χ1v) is 3.68. The van der Waals surface area contributed by atoms with Crippen molar-refractivity contribution in [3.8, 4) is 0 Å². The molecule has 5 heteroatoms. The van der Waals surface area contributed by atoms with Gasteiger partial charge in [0.2, 0.25) is 0 Å². The quantitative estimate of drug-likeness (QED) is 0.584. The van der Waals surface area contributed by atoms with Crippen LogP contribution in [0, 0.1) is 0 Å². The van der Waals surface area contributed by atoms with E-state index in [9.17, 15) is 0 Å². The molecular weight excluding hydrogens is 156 g/mol. The largest absolute Gasteiger partial charge is 0.392 e. The number of rotatable bonds is 3. The van der Waals surface area contributed by atoms with E-state index in [0.29, 0.717) is 18.2 Å². The molecule has 5 nitrogen and oxygen atoms in total. The highest BCUT2D eigenvalue weighted by Gasteiger charge is 1.97. The Labute approximate surface area is 70.6 Å². The van der Waals surface area contributed by atoms with Gasteiger partial charge in [0.1, 0.15) is 18.0 Å². The third kappa shape index (κ3) is 2.71. The zero-order chi connectivity index (χ0) is 8.97. The van der Waals surface area contributed by atoms with Crippen molar-refractivity contribution in [3.63, 3.8) is 0 Å². The van der Waals surface area contributed by atoms with Crippen molar-refractivity contribution in [1.82, 2.24) is 9.97 Å². The topological polar surface area (TPSA) is 84.1 Å². The molecule has 0 aromatic carbocycles. The molecule has 0 radical (unpaired) electrons. The lowest BCUT2D eigenvalue weighted by molar-refractivity contribution is 0.208. The molecule has 1 heterocycles. The molecule has 1 rings (SSSR count). The first kappa shape index (κ1) is 8.73. The molecule has 66 valence electrons. The lowest BCUT2D eigenvalue weighted by Crippen LogP contribution is -2.16. The molecule has 0 unspecified atom stereocenters. The molecule has 0 aliphatic carbocycles. The molecule has 0 fully saturated rings. The van der Waals surface area contributed by atoms with Gasteiger partial charge in [0.15, 0.2) is 0 Å². The van der Waals surface area contributed by atoms with Crippen LogP contribution in [0.15, 0.2) is 12.4 Å². The zero-order valence-corrected chi connectivity index (χ0v) is 6.86. The maximum Gasteiger partial charge on any atom is 0.131 e. The van der Waals surface area contributed by atoms with E-state index in [4.69, 9.17) is 10.8 Å². The van der Waals surface area contributed by atoms with Crippen molar-refractivity contribution in [2.24, 2.45) is 0 Å². The van der Waals surface area contributed by atoms with Gasteiger partial charge in [0, 0.05) is 12.6 Å². The molecule has 4 N–H and O–H groups in total. The molecular formula is C7H12N4O. The van der Waals surface area contributed by atoms with Crippen LogP contribution in [0.3, 0.4) is 0 Å². The summed E-state index contributed by atoms with van der Waals surface area (Å²) >= 11 is 0. The smallest absolute Gasteiger partial charge is 0.131 e. The Morgan fingerprint density at radius 1 is 1.67 bits per heavy atom. The van der Waals surface area contributed by atoms with Crippen LogP contribution in [-0.4, -0.2) is 27.7 Å². The van der Waals surface area contributed by atoms with E-state index in [1.54, 1.807) is 13.0 Å². The number of aliphatic hydroxyl groups is 1. The standard InChI is InChI=1S/C7H12N4O/c1-5(12)3-9-7-2-6(8)10-4-11-7/h2,4-5,12H,3H2,1H3,(H3,8,9,10,11)/t5-/m0/s1. The molecule has 0 aliphatic rings. The highest BCUT2D eigenvalue weighted by Crippen LogP contribution is 2.03. The highest BCUT2D eigenvalue weighted by atomic mass is 16.3. The number of anilines is 2. The van der Waals surface area contributed by atoms with E-state index in [1.165, 1.54) is 6.33 Å². The normalized spacial score (nSPS) is 12.5. The summed E-state index contributed by atoms with van der Waals surface area (Å²) in [6.07, 6.45) is 0.973. The van der Waals surface area contributed by atoms with Crippen molar-refractivity contribution in [2.45, 2.75) is 13.0 Å². The molecule has 12 heavy (non-hydrogen) atoms. The van der Waals surface area contributed by atoms with Gasteiger partial charge in [0.25, 0.3) is 0 Å². The highest BCUT2D eigenvalue weighted by molar-refractivity contribution is 5.43. The number of nitrogens with two attached hydrogens (primary N) is 1. The van der Waals surface area contributed by atoms with Gasteiger partial charge in [-0.3, -0.25) is 0 Å². The summed E-state index contributed by atoms with van der Waals surface area (Å²) in [7, 11) is 0. The SMILES string of the molecule is C[C@H](O)CNc1cc(N)ncn1. The van der Waals surface area contributed by atoms with E-state index >= 15 is 0 Å². The van der Waals surface area contributed by atoms with Crippen LogP contribution in [0.5, 0.6) is 0 Å². The third-order valence-corrected chi connectivity index (χ3v) is 1.27. The second kappa shape index (κ2) is 3.87. The lowest BCUT2D eigenvalue weighted by Gasteiger charge is -2.06. The Balaban J connectivity index is 2.52. The minimum absolute atomic E-state index is 0.402. The van der Waals surface area contributed by atoms with Gasteiger partial charge in [-0.15, -0.1) is 0 Å². The molecule has 1 aromatic rings. The summed E-state index contributed by atoms with van der Waals surface area (Å²) in [5, 5.41) is 11.8. The molecule has 0 spiro atoms. The monoisotopic (exact) mass is 168 g/mol. The second-order valence-electron chi connectivity index (χ2n) is 2.56. The molecule has 0 bridgehead atoms. The maximum absolute atomic E-state index is 8.95. The van der Waals surface area contributed by atoms with Crippen LogP contribution in [0.4, 0.5) is 11.6 Å². The summed E-state index contributed by atoms with van der Waals surface area (Å²) in [5.74, 6) is 1.04. The van der Waals surface area contributed by atoms with Crippen LogP contribution in [0.25, 0.3) is 0 Å². The summed E-state index contributed by atoms with van der Waals surface area (Å²) < 4.78 is 0. The predicted octanol–water partition coefficient (Wildman–Crippen LogP) is -0.149. The summed E-state index contributed by atoms with van der Waals surface area (Å²) in [6, 6.07) is 1.61. The minimum Gasteiger partial charge on any atom is -0.392 e. The fraction of sp³-hybridized carbons (Fsp3) is 0.429. The molecule has 0 amide bonds. The lowest BCUT2D eigenvalue weighted by atomic mass is 10.4. The second-order valence-corrected chi connectivity index (χ2v) is 2.56. The Kier molecular flexibility index (Phi) is 2.82. The Hall–Kier alpha value is -1.36. The fourth-order valence-corrected chi connectivity index (χ4v) is 0.721. The Morgan fingerprint density at radius 2 is 2.42 bits per heavy atom. The van der Waals surface area contributed by atoms with E-state index in [1.807, 2.05) is 0 Å². The van der Waals surface area contributed by atoms with Crippen molar-refractivity contribution in [2.75, 3.05) is 17.6 Å². The number of hydrogen-bond acceptors (Lipinski definition) is 5. The summed E-state index contributed by atoms with van der Waals surface area (Å²) in [5.41, 5.74) is 5.41. The zero-order valence-electron chi connectivity index (χ0n) is 6.86. The van der Waals surface area contributed by atoms with Gasteiger partial charge in [-0.05, 0) is 6.92 Å². The van der Waals surface area contributed by atoms with E-state index in [2.05, 4.69) is 15.3 Å². The molecule has 1 atom stereocenters. The number of aromatic nitrogens is 2. The minimum atomic E-state index is -0.402. The van der Waals surface area contributed by atoms with Crippen LogP contribution in [-0.2, 0) is 0 Å². The number of aliphatic hydroxyl groups excluding tert-OH is 1. The number of nitrogens with one attached hydrogen (secondary N) is 1. The number of nitrogen functional groups attached to an aromatic ring is 1. The number of hydrogen-bond donors (Lipinski definition) is 3. The van der Waals surface area contributed by atoms with Crippen molar-refractivity contribution >= 4 is 11.6 Å². The molecule has 1 aromatic heterocycles. The average Bonchev–Trinajstić information content (AvgIpc) is 2.01. The van der Waals surface area contributed by atoms with Crippen LogP contribution < -0.4 is 11.1 Å². The van der Waals surface area contributed by atoms with Gasteiger partial charge in [-0.2, -0.15) is 0 Å². The van der Waals surface area contributed by atoms with Crippen LogP contribution in [0.2, 0.25) is 0 Å². The summed E-state index contributed by atoms with van der Waals surface area (Å²) in [6.45, 7) is 2.15. The predicted molar refractivity (Wildman–Crippen MR) is 46.6 cm³/mol. The van der Waals surface area contributed by atoms with Gasteiger partial charge in [-0.25, -0.2) is 9.97 Å². The van der Waals surface area contributed by atoms with Gasteiger partial charge in [0.05, 0.1) is 6.10 Å². The van der Waals surface area contributed by atoms with E-state index < -0.39 is 6.10 Å². The van der Waals surface area contributed by atoms with Gasteiger partial charge in [-0.1, -0.05) is 0 Å². The Morgan fingerprint density at radius 3 is 3.00 bits per heavy atom. The van der Waals surface area contributed by atoms with Crippen molar-refractivity contribution < 1.29 is 5.11 Å². The third-order valence-electron chi connectivity index (χ3n) is 1.27. The maximum atomic E-state index is 8.95. The summed E-state index contributed by atoms with van der Waals surface area (Å²) in [4.78, 5) is 7.63. The van der Waals surface area contributed by atoms with Crippen molar-refractivity contribution in [3.05, 3.63) is 12.4 Å². The van der Waals surface area contributed by atoms with Crippen LogP contribution in [0.1, 0.15) is 6.92 Å². The van der Waals surface area contributed by atoms with E-state index in [-0.39, 0.29) is 0 Å². The Bertz CT molecular complexity index is 251. The van der Waals surface area contributed by atoms with Crippen molar-refractivity contribution in [1.29, 1.82) is 0 Å². The average molecular weight is 168 g/mol. The van der Waals surface area contributed by atoms with Crippen LogP contribution >= 0.6 is 0 Å². The molecule has 0 aliphatic heterocycles. The van der Waals surface area contributed by atoms with Gasteiger partial charge < -0.3 is 16.2 Å². The van der Waals surface area contributed by atoms with E-state index in [0.717, 1.165) is 0 Å². The fourth-order valence-electron chi connectivity index (χ4n) is 0.721. The van der Waals surface area contributed by atoms with Gasteiger partial charge >= 0.3 is 0 Å². The number of nitrogens with zero attached hydrogens (tertiary/aromatic N) is 2. The molecule has 0 saturated carbocycles. The first-order valence-electron chi connectivity index (χ1n) is 3.68. The molecule has 0 saturated heterocycles. The first-order chi connectivity index (χ1) is 5.68.